The van der Waals surface area contributed by atoms with Crippen molar-refractivity contribution >= 4 is 23.5 Å². The van der Waals surface area contributed by atoms with Crippen LogP contribution in [0.25, 0.3) is 0 Å². The first-order valence-electron chi connectivity index (χ1n) is 6.21. The Kier molecular flexibility index (Phi) is 2.55. The van der Waals surface area contributed by atoms with E-state index in [2.05, 4.69) is 10.6 Å². The lowest BCUT2D eigenvalue weighted by molar-refractivity contribution is -0.124. The Bertz CT molecular complexity index is 643. The zero-order valence-electron chi connectivity index (χ0n) is 10.9. The molecule has 1 aromatic carbocycles. The minimum absolute atomic E-state index is 0.00106. The number of hydrogen-bond donors (Lipinski definition) is 3. The van der Waals surface area contributed by atoms with Crippen LogP contribution in [0.1, 0.15) is 11.1 Å². The van der Waals surface area contributed by atoms with Crippen LogP contribution in [-0.4, -0.2) is 31.4 Å². The van der Waals surface area contributed by atoms with Crippen molar-refractivity contribution < 1.29 is 14.4 Å². The summed E-state index contributed by atoms with van der Waals surface area (Å²) in [5.74, 6) is -0.471. The van der Waals surface area contributed by atoms with Crippen LogP contribution in [0.4, 0.5) is 10.5 Å². The molecule has 0 aliphatic carbocycles. The van der Waals surface area contributed by atoms with Gasteiger partial charge in [-0.05, 0) is 17.2 Å². The van der Waals surface area contributed by atoms with Crippen molar-refractivity contribution in [2.24, 2.45) is 5.73 Å². The molecule has 2 aliphatic heterocycles. The molecule has 0 aromatic heterocycles. The Morgan fingerprint density at radius 2 is 2.10 bits per heavy atom. The van der Waals surface area contributed by atoms with Crippen molar-refractivity contribution in [3.05, 3.63) is 29.3 Å². The van der Waals surface area contributed by atoms with Gasteiger partial charge in [0.2, 0.25) is 5.91 Å². The zero-order valence-corrected chi connectivity index (χ0v) is 10.9. The second-order valence-corrected chi connectivity index (χ2v) is 4.99. The number of amides is 4. The average molecular weight is 274 g/mol. The van der Waals surface area contributed by atoms with E-state index in [1.807, 2.05) is 0 Å². The summed E-state index contributed by atoms with van der Waals surface area (Å²) in [6.45, 7) is -0.0485. The lowest BCUT2D eigenvalue weighted by atomic mass is 9.88. The van der Waals surface area contributed by atoms with Gasteiger partial charge >= 0.3 is 6.03 Å². The number of benzene rings is 1. The first-order chi connectivity index (χ1) is 9.48. The van der Waals surface area contributed by atoms with Crippen molar-refractivity contribution in [2.45, 2.75) is 12.0 Å². The molecule has 1 unspecified atom stereocenters. The summed E-state index contributed by atoms with van der Waals surface area (Å²) >= 11 is 0. The number of hydrogen-bond acceptors (Lipinski definition) is 4. The van der Waals surface area contributed by atoms with Gasteiger partial charge in [-0.1, -0.05) is 12.1 Å². The number of nitrogens with one attached hydrogen (secondary N) is 2. The van der Waals surface area contributed by atoms with Gasteiger partial charge in [-0.15, -0.1) is 0 Å². The van der Waals surface area contributed by atoms with Gasteiger partial charge in [-0.25, -0.2) is 4.79 Å². The number of imide groups is 1. The fourth-order valence-corrected chi connectivity index (χ4v) is 2.69. The highest BCUT2D eigenvalue weighted by Gasteiger charge is 2.47. The maximum absolute atomic E-state index is 12.0. The SMILES string of the molecule is CN1C(=O)Cc2cc(C3(CN)NC(=O)NC3=O)ccc21. The van der Waals surface area contributed by atoms with E-state index in [0.29, 0.717) is 5.56 Å². The maximum Gasteiger partial charge on any atom is 0.322 e. The number of urea groups is 1. The minimum atomic E-state index is -1.25. The van der Waals surface area contributed by atoms with Crippen LogP contribution in [0.5, 0.6) is 0 Å². The summed E-state index contributed by atoms with van der Waals surface area (Å²) in [5, 5.41) is 4.77. The molecule has 7 nitrogen and oxygen atoms in total. The maximum atomic E-state index is 12.0. The van der Waals surface area contributed by atoms with Gasteiger partial charge in [0.15, 0.2) is 5.54 Å². The standard InChI is InChI=1S/C13H14N4O3/c1-17-9-3-2-8(4-7(9)5-10(17)18)13(6-14)11(19)15-12(20)16-13/h2-4H,5-6,14H2,1H3,(H2,15,16,19,20). The molecule has 7 heteroatoms. The summed E-state index contributed by atoms with van der Waals surface area (Å²) in [6, 6.07) is 4.68. The van der Waals surface area contributed by atoms with Crippen LogP contribution in [0.2, 0.25) is 0 Å². The van der Waals surface area contributed by atoms with Crippen LogP contribution >= 0.6 is 0 Å². The molecule has 2 aliphatic rings. The number of anilines is 1. The predicted molar refractivity (Wildman–Crippen MR) is 71.0 cm³/mol. The third kappa shape index (κ3) is 1.53. The fourth-order valence-electron chi connectivity index (χ4n) is 2.69. The first kappa shape index (κ1) is 12.6. The Morgan fingerprint density at radius 1 is 1.35 bits per heavy atom. The Hall–Kier alpha value is -2.41. The highest BCUT2D eigenvalue weighted by molar-refractivity contribution is 6.08. The molecule has 4 N–H and O–H groups in total. The third-order valence-corrected chi connectivity index (χ3v) is 3.90. The Labute approximate surface area is 115 Å². The molecule has 104 valence electrons. The van der Waals surface area contributed by atoms with Gasteiger partial charge in [0.05, 0.1) is 6.42 Å². The monoisotopic (exact) mass is 274 g/mol. The molecule has 3 rings (SSSR count). The summed E-state index contributed by atoms with van der Waals surface area (Å²) in [5.41, 5.74) is 6.68. The first-order valence-corrected chi connectivity index (χ1v) is 6.21. The summed E-state index contributed by atoms with van der Waals surface area (Å²) in [4.78, 5) is 36.6. The van der Waals surface area contributed by atoms with E-state index < -0.39 is 17.5 Å². The van der Waals surface area contributed by atoms with Crippen LogP contribution in [0, 0.1) is 0 Å². The van der Waals surface area contributed by atoms with Gasteiger partial charge < -0.3 is 16.0 Å². The molecule has 0 saturated carbocycles. The predicted octanol–water partition coefficient (Wildman–Crippen LogP) is -0.801. The molecule has 20 heavy (non-hydrogen) atoms. The van der Waals surface area contributed by atoms with Gasteiger partial charge in [0, 0.05) is 19.3 Å². The van der Waals surface area contributed by atoms with Crippen LogP contribution < -0.4 is 21.3 Å². The molecule has 4 amide bonds. The van der Waals surface area contributed by atoms with E-state index in [4.69, 9.17) is 5.73 Å². The lowest BCUT2D eigenvalue weighted by Gasteiger charge is -2.25. The number of rotatable bonds is 2. The van der Waals surface area contributed by atoms with E-state index in [0.717, 1.165) is 11.3 Å². The summed E-state index contributed by atoms with van der Waals surface area (Å²) in [7, 11) is 1.70. The van der Waals surface area contributed by atoms with E-state index >= 15 is 0 Å². The topological polar surface area (TPSA) is 105 Å². The zero-order chi connectivity index (χ0) is 14.5. The van der Waals surface area contributed by atoms with Crippen molar-refractivity contribution in [1.82, 2.24) is 10.6 Å². The van der Waals surface area contributed by atoms with Crippen LogP contribution in [-0.2, 0) is 21.5 Å². The van der Waals surface area contributed by atoms with Gasteiger partial charge in [-0.3, -0.25) is 14.9 Å². The smallest absolute Gasteiger partial charge is 0.322 e. The van der Waals surface area contributed by atoms with Crippen molar-refractivity contribution in [3.63, 3.8) is 0 Å². The highest BCUT2D eigenvalue weighted by Crippen LogP contribution is 2.32. The van der Waals surface area contributed by atoms with Gasteiger partial charge in [0.25, 0.3) is 5.91 Å². The number of carbonyl (C=O) groups excluding carboxylic acids is 3. The summed E-state index contributed by atoms with van der Waals surface area (Å²) in [6.07, 6.45) is 0.288. The Balaban J connectivity index is 2.08. The molecular formula is C13H14N4O3. The molecule has 1 aromatic rings. The van der Waals surface area contributed by atoms with E-state index in [9.17, 15) is 14.4 Å². The second-order valence-electron chi connectivity index (χ2n) is 4.99. The number of fused-ring (bicyclic) bond motifs is 1. The van der Waals surface area contributed by atoms with Crippen molar-refractivity contribution in [2.75, 3.05) is 18.5 Å². The van der Waals surface area contributed by atoms with Crippen LogP contribution in [0.15, 0.2) is 18.2 Å². The fraction of sp³-hybridized carbons (Fsp3) is 0.308. The van der Waals surface area contributed by atoms with Crippen molar-refractivity contribution in [3.8, 4) is 0 Å². The van der Waals surface area contributed by atoms with E-state index in [1.54, 1.807) is 30.1 Å². The molecule has 2 heterocycles. The minimum Gasteiger partial charge on any atom is -0.327 e. The molecule has 0 radical (unpaired) electrons. The number of nitrogens with two attached hydrogens (primary N) is 1. The average Bonchev–Trinajstić information content (AvgIpc) is 2.87. The van der Waals surface area contributed by atoms with E-state index in [-0.39, 0.29) is 18.9 Å². The van der Waals surface area contributed by atoms with Gasteiger partial charge in [-0.2, -0.15) is 0 Å². The molecule has 0 spiro atoms. The largest absolute Gasteiger partial charge is 0.327 e. The quantitative estimate of drug-likeness (QED) is 0.614. The van der Waals surface area contributed by atoms with Gasteiger partial charge in [0.1, 0.15) is 0 Å². The van der Waals surface area contributed by atoms with E-state index in [1.165, 1.54) is 0 Å². The second kappa shape index (κ2) is 4.04. The molecular weight excluding hydrogens is 260 g/mol. The summed E-state index contributed by atoms with van der Waals surface area (Å²) < 4.78 is 0. The van der Waals surface area contributed by atoms with Crippen LogP contribution in [0.3, 0.4) is 0 Å². The third-order valence-electron chi connectivity index (χ3n) is 3.90. The Morgan fingerprint density at radius 3 is 2.70 bits per heavy atom. The molecule has 1 saturated heterocycles. The highest BCUT2D eigenvalue weighted by atomic mass is 16.2. The number of carbonyl (C=O) groups is 3. The molecule has 1 fully saturated rings. The molecule has 1 atom stereocenters. The van der Waals surface area contributed by atoms with Crippen molar-refractivity contribution in [1.29, 1.82) is 0 Å². The lowest BCUT2D eigenvalue weighted by Crippen LogP contribution is -2.50. The number of likely N-dealkylation sites (N-methyl/N-ethyl adjacent to an activating group) is 1. The normalized spacial score (nSPS) is 24.7. The molecule has 0 bridgehead atoms. The number of nitrogens with zero attached hydrogens (tertiary/aromatic N) is 1.